The van der Waals surface area contributed by atoms with E-state index in [9.17, 15) is 14.4 Å². The maximum Gasteiger partial charge on any atom is 0.344 e. The van der Waals surface area contributed by atoms with Crippen molar-refractivity contribution >= 4 is 40.5 Å². The molecule has 0 spiro atoms. The van der Waals surface area contributed by atoms with Crippen LogP contribution in [0.15, 0.2) is 35.0 Å². The Morgan fingerprint density at radius 2 is 1.78 bits per heavy atom. The van der Waals surface area contributed by atoms with Gasteiger partial charge in [0.2, 0.25) is 0 Å². The lowest BCUT2D eigenvalue weighted by molar-refractivity contribution is -0.139. The van der Waals surface area contributed by atoms with Crippen molar-refractivity contribution in [1.29, 1.82) is 0 Å². The van der Waals surface area contributed by atoms with E-state index in [4.69, 9.17) is 0 Å². The molecule has 1 aliphatic heterocycles. The van der Waals surface area contributed by atoms with Gasteiger partial charge in [-0.2, -0.15) is 5.01 Å². The van der Waals surface area contributed by atoms with Crippen LogP contribution in [0.2, 0.25) is 0 Å². The molecule has 4 amide bonds. The molecule has 1 fully saturated rings. The molecule has 144 valence electrons. The van der Waals surface area contributed by atoms with Crippen LogP contribution in [0, 0.1) is 0 Å². The summed E-state index contributed by atoms with van der Waals surface area (Å²) >= 11 is 3.26. The minimum atomic E-state index is -0.974. The van der Waals surface area contributed by atoms with E-state index in [1.165, 1.54) is 0 Å². The summed E-state index contributed by atoms with van der Waals surface area (Å²) in [5.74, 6) is -0.835. The molecule has 1 aliphatic rings. The molecule has 7 nitrogen and oxygen atoms in total. The van der Waals surface area contributed by atoms with Gasteiger partial charge in [0.05, 0.1) is 6.54 Å². The van der Waals surface area contributed by atoms with Gasteiger partial charge in [0.25, 0.3) is 11.8 Å². The lowest BCUT2D eigenvalue weighted by Crippen LogP contribution is -2.51. The first-order chi connectivity index (χ1) is 12.9. The Bertz CT molecular complexity index is 770. The first kappa shape index (κ1) is 19.5. The molecule has 2 aromatic rings. The first-order valence-corrected chi connectivity index (χ1v) is 10.4. The summed E-state index contributed by atoms with van der Waals surface area (Å²) < 4.78 is 0. The van der Waals surface area contributed by atoms with Crippen LogP contribution >= 0.6 is 22.7 Å². The van der Waals surface area contributed by atoms with Crippen molar-refractivity contribution in [2.75, 3.05) is 6.54 Å². The number of nitrogens with one attached hydrogen (secondary N) is 2. The standard InChI is InChI=1S/C18H22N4O3S2/c1-3-18(2)16(24)22(17(25)19-18)20-15(23)12-21(10-13-6-4-8-26-13)11-14-7-5-9-27-14/h4-9H,3,10-12H2,1-2H3,(H,19,25)(H,20,23)/t18-/m1/s1. The number of hydrogen-bond donors (Lipinski definition) is 2. The SMILES string of the molecule is CC[C@@]1(C)NC(=O)N(NC(=O)CN(Cc2cccs2)Cc2cccs2)C1=O. The fraction of sp³-hybridized carbons (Fsp3) is 0.389. The summed E-state index contributed by atoms with van der Waals surface area (Å²) in [6.45, 7) is 4.79. The third-order valence-corrected chi connectivity index (χ3v) is 6.21. The molecule has 27 heavy (non-hydrogen) atoms. The van der Waals surface area contributed by atoms with E-state index < -0.39 is 23.4 Å². The van der Waals surface area contributed by atoms with Gasteiger partial charge in [-0.15, -0.1) is 22.7 Å². The number of carbonyl (C=O) groups is 3. The van der Waals surface area contributed by atoms with E-state index in [1.54, 1.807) is 29.6 Å². The van der Waals surface area contributed by atoms with Crippen LogP contribution < -0.4 is 10.7 Å². The zero-order chi connectivity index (χ0) is 19.4. The van der Waals surface area contributed by atoms with Gasteiger partial charge in [0.1, 0.15) is 5.54 Å². The number of imide groups is 1. The van der Waals surface area contributed by atoms with Crippen molar-refractivity contribution in [2.24, 2.45) is 0 Å². The fourth-order valence-electron chi connectivity index (χ4n) is 2.80. The van der Waals surface area contributed by atoms with Crippen molar-refractivity contribution < 1.29 is 14.4 Å². The highest BCUT2D eigenvalue weighted by Crippen LogP contribution is 2.20. The van der Waals surface area contributed by atoms with E-state index in [0.29, 0.717) is 19.5 Å². The second kappa shape index (κ2) is 8.20. The molecule has 0 aliphatic carbocycles. The topological polar surface area (TPSA) is 81.8 Å². The Labute approximate surface area is 165 Å². The smallest absolute Gasteiger partial charge is 0.322 e. The van der Waals surface area contributed by atoms with Gasteiger partial charge in [0.15, 0.2) is 0 Å². The van der Waals surface area contributed by atoms with E-state index >= 15 is 0 Å². The van der Waals surface area contributed by atoms with Crippen LogP contribution in [-0.4, -0.2) is 39.8 Å². The quantitative estimate of drug-likeness (QED) is 0.660. The molecular weight excluding hydrogens is 384 g/mol. The number of thiophene rings is 2. The second-order valence-electron chi connectivity index (χ2n) is 6.60. The summed E-state index contributed by atoms with van der Waals surface area (Å²) in [7, 11) is 0. The van der Waals surface area contributed by atoms with Gasteiger partial charge in [-0.05, 0) is 36.2 Å². The van der Waals surface area contributed by atoms with Crippen LogP contribution in [0.25, 0.3) is 0 Å². The van der Waals surface area contributed by atoms with Gasteiger partial charge < -0.3 is 5.32 Å². The normalized spacial score (nSPS) is 19.6. The summed E-state index contributed by atoms with van der Waals surface area (Å²) in [5, 5.41) is 7.41. The Balaban J connectivity index is 1.65. The average Bonchev–Trinajstić information content (AvgIpc) is 3.35. The molecule has 0 bridgehead atoms. The summed E-state index contributed by atoms with van der Waals surface area (Å²) in [6, 6.07) is 7.40. The molecular formula is C18H22N4O3S2. The molecule has 0 radical (unpaired) electrons. The predicted molar refractivity (Wildman–Crippen MR) is 105 cm³/mol. The Hall–Kier alpha value is -2.23. The maximum absolute atomic E-state index is 12.5. The molecule has 0 unspecified atom stereocenters. The van der Waals surface area contributed by atoms with Gasteiger partial charge in [-0.3, -0.25) is 19.9 Å². The molecule has 2 N–H and O–H groups in total. The van der Waals surface area contributed by atoms with E-state index in [0.717, 1.165) is 14.8 Å². The highest BCUT2D eigenvalue weighted by molar-refractivity contribution is 7.10. The van der Waals surface area contributed by atoms with Crippen molar-refractivity contribution in [3.8, 4) is 0 Å². The Kier molecular flexibility index (Phi) is 5.93. The zero-order valence-electron chi connectivity index (χ0n) is 15.2. The second-order valence-corrected chi connectivity index (χ2v) is 8.66. The minimum absolute atomic E-state index is 0.0791. The number of amides is 4. The van der Waals surface area contributed by atoms with Gasteiger partial charge in [0, 0.05) is 22.8 Å². The first-order valence-electron chi connectivity index (χ1n) is 8.64. The lowest BCUT2D eigenvalue weighted by atomic mass is 10.00. The fourth-order valence-corrected chi connectivity index (χ4v) is 4.29. The molecule has 3 heterocycles. The van der Waals surface area contributed by atoms with Gasteiger partial charge in [-0.1, -0.05) is 19.1 Å². The molecule has 9 heteroatoms. The number of rotatable bonds is 8. The average molecular weight is 407 g/mol. The summed E-state index contributed by atoms with van der Waals surface area (Å²) in [6.07, 6.45) is 0.451. The third-order valence-electron chi connectivity index (χ3n) is 4.49. The van der Waals surface area contributed by atoms with Gasteiger partial charge in [-0.25, -0.2) is 4.79 Å². The van der Waals surface area contributed by atoms with Crippen molar-refractivity contribution in [1.82, 2.24) is 20.7 Å². The maximum atomic E-state index is 12.5. The van der Waals surface area contributed by atoms with Crippen LogP contribution in [0.3, 0.4) is 0 Å². The van der Waals surface area contributed by atoms with Gasteiger partial charge >= 0.3 is 6.03 Å². The number of carbonyl (C=O) groups excluding carboxylic acids is 3. The van der Waals surface area contributed by atoms with Crippen molar-refractivity contribution in [3.05, 3.63) is 44.8 Å². The number of hydrogen-bond acceptors (Lipinski definition) is 6. The summed E-state index contributed by atoms with van der Waals surface area (Å²) in [4.78, 5) is 41.3. The Morgan fingerprint density at radius 3 is 2.22 bits per heavy atom. The highest BCUT2D eigenvalue weighted by Gasteiger charge is 2.47. The third kappa shape index (κ3) is 4.55. The van der Waals surface area contributed by atoms with E-state index in [1.807, 2.05) is 46.8 Å². The van der Waals surface area contributed by atoms with E-state index in [2.05, 4.69) is 10.7 Å². The zero-order valence-corrected chi connectivity index (χ0v) is 16.9. The largest absolute Gasteiger partial charge is 0.344 e. The van der Waals surface area contributed by atoms with Crippen LogP contribution in [0.1, 0.15) is 30.0 Å². The van der Waals surface area contributed by atoms with Crippen molar-refractivity contribution in [3.63, 3.8) is 0 Å². The molecule has 3 rings (SSSR count). The lowest BCUT2D eigenvalue weighted by Gasteiger charge is -2.23. The van der Waals surface area contributed by atoms with Crippen LogP contribution in [0.5, 0.6) is 0 Å². The van der Waals surface area contributed by atoms with Crippen LogP contribution in [0.4, 0.5) is 4.79 Å². The summed E-state index contributed by atoms with van der Waals surface area (Å²) in [5.41, 5.74) is 1.48. The Morgan fingerprint density at radius 1 is 1.19 bits per heavy atom. The van der Waals surface area contributed by atoms with E-state index in [-0.39, 0.29) is 6.54 Å². The molecule has 1 atom stereocenters. The van der Waals surface area contributed by atoms with Crippen molar-refractivity contribution in [2.45, 2.75) is 38.9 Å². The number of urea groups is 1. The molecule has 0 aromatic carbocycles. The van der Waals surface area contributed by atoms with Crippen LogP contribution in [-0.2, 0) is 22.7 Å². The number of hydrazine groups is 1. The minimum Gasteiger partial charge on any atom is -0.322 e. The highest BCUT2D eigenvalue weighted by atomic mass is 32.1. The molecule has 2 aromatic heterocycles. The number of nitrogens with zero attached hydrogens (tertiary/aromatic N) is 2. The molecule has 0 saturated carbocycles. The molecule has 1 saturated heterocycles. The monoisotopic (exact) mass is 406 g/mol. The predicted octanol–water partition coefficient (Wildman–Crippen LogP) is 2.56.